The van der Waals surface area contributed by atoms with Crippen LogP contribution in [0.5, 0.6) is 0 Å². The van der Waals surface area contributed by atoms with E-state index < -0.39 is 0 Å². The molecule has 0 saturated carbocycles. The lowest BCUT2D eigenvalue weighted by molar-refractivity contribution is 0.413. The third kappa shape index (κ3) is 3.14. The first-order valence-corrected chi connectivity index (χ1v) is 5.43. The summed E-state index contributed by atoms with van der Waals surface area (Å²) in [6, 6.07) is 0. The van der Waals surface area contributed by atoms with Crippen LogP contribution in [0.2, 0.25) is 0 Å². The van der Waals surface area contributed by atoms with Gasteiger partial charge in [0, 0.05) is 5.92 Å². The maximum absolute atomic E-state index is 5.61. The van der Waals surface area contributed by atoms with Gasteiger partial charge in [0.25, 0.3) is 0 Å². The van der Waals surface area contributed by atoms with Crippen LogP contribution < -0.4 is 5.32 Å². The minimum Gasteiger partial charge on any atom is -0.444 e. The minimum atomic E-state index is 0.474. The predicted molar refractivity (Wildman–Crippen MR) is 57.2 cm³/mol. The number of hydrogen-bond donors (Lipinski definition) is 1. The van der Waals surface area contributed by atoms with Crippen LogP contribution in [0.15, 0.2) is 10.6 Å². The van der Waals surface area contributed by atoms with Gasteiger partial charge in [0.05, 0.1) is 12.7 Å². The Kier molecular flexibility index (Phi) is 4.66. The highest BCUT2D eigenvalue weighted by atomic mass is 16.4. The highest BCUT2D eigenvalue weighted by Gasteiger charge is 2.08. The molecule has 1 atom stereocenters. The van der Waals surface area contributed by atoms with Gasteiger partial charge >= 0.3 is 0 Å². The van der Waals surface area contributed by atoms with Gasteiger partial charge in [0.1, 0.15) is 5.76 Å². The van der Waals surface area contributed by atoms with Crippen molar-refractivity contribution >= 4 is 0 Å². The first-order chi connectivity index (χ1) is 6.77. The van der Waals surface area contributed by atoms with Gasteiger partial charge in [-0.3, -0.25) is 0 Å². The fraction of sp³-hybridized carbons (Fsp3) is 0.727. The van der Waals surface area contributed by atoms with Gasteiger partial charge < -0.3 is 9.73 Å². The summed E-state index contributed by atoms with van der Waals surface area (Å²) in [6.45, 7) is 8.21. The van der Waals surface area contributed by atoms with Crippen molar-refractivity contribution in [2.45, 2.75) is 46.1 Å². The Morgan fingerprint density at radius 1 is 1.50 bits per heavy atom. The summed E-state index contributed by atoms with van der Waals surface area (Å²) in [5.41, 5.74) is 0. The van der Waals surface area contributed by atoms with Crippen molar-refractivity contribution in [2.24, 2.45) is 0 Å². The average Bonchev–Trinajstić information content (AvgIpc) is 2.66. The fourth-order valence-corrected chi connectivity index (χ4v) is 1.21. The Hall–Kier alpha value is -0.830. The molecule has 1 aromatic heterocycles. The van der Waals surface area contributed by atoms with Crippen LogP contribution in [0, 0.1) is 0 Å². The summed E-state index contributed by atoms with van der Waals surface area (Å²) in [7, 11) is 0. The molecule has 80 valence electrons. The summed E-state index contributed by atoms with van der Waals surface area (Å²) in [4.78, 5) is 4.23. The molecule has 3 heteroatoms. The van der Waals surface area contributed by atoms with Crippen molar-refractivity contribution in [3.05, 3.63) is 17.8 Å². The van der Waals surface area contributed by atoms with E-state index >= 15 is 0 Å². The Labute approximate surface area is 85.9 Å². The molecule has 3 nitrogen and oxygen atoms in total. The molecule has 0 radical (unpaired) electrons. The van der Waals surface area contributed by atoms with E-state index in [-0.39, 0.29) is 0 Å². The van der Waals surface area contributed by atoms with Crippen LogP contribution in [0.1, 0.15) is 51.2 Å². The van der Waals surface area contributed by atoms with Gasteiger partial charge in [-0.05, 0) is 19.4 Å². The number of nitrogens with one attached hydrogen (secondary N) is 1. The van der Waals surface area contributed by atoms with Crippen LogP contribution >= 0.6 is 0 Å². The maximum Gasteiger partial charge on any atom is 0.208 e. The number of rotatable bonds is 6. The zero-order valence-corrected chi connectivity index (χ0v) is 9.34. The number of nitrogens with zero attached hydrogens (tertiary/aromatic N) is 1. The molecular formula is C11H20N2O. The number of aromatic nitrogens is 1. The predicted octanol–water partition coefficient (Wildman–Crippen LogP) is 2.69. The molecule has 0 aromatic carbocycles. The van der Waals surface area contributed by atoms with E-state index in [9.17, 15) is 0 Å². The first-order valence-electron chi connectivity index (χ1n) is 5.43. The molecule has 0 saturated heterocycles. The van der Waals surface area contributed by atoms with Crippen molar-refractivity contribution in [3.8, 4) is 0 Å². The summed E-state index contributed by atoms with van der Waals surface area (Å²) < 4.78 is 5.61. The van der Waals surface area contributed by atoms with Gasteiger partial charge in [-0.2, -0.15) is 0 Å². The van der Waals surface area contributed by atoms with Gasteiger partial charge in [-0.1, -0.05) is 20.8 Å². The van der Waals surface area contributed by atoms with Gasteiger partial charge in [0.15, 0.2) is 0 Å². The second-order valence-corrected chi connectivity index (χ2v) is 3.64. The smallest absolute Gasteiger partial charge is 0.208 e. The lowest BCUT2D eigenvalue weighted by Gasteiger charge is -2.02. The SMILES string of the molecule is CCCNCc1ncc(C(C)CC)o1. The van der Waals surface area contributed by atoms with Gasteiger partial charge in [0.2, 0.25) is 5.89 Å². The molecule has 1 unspecified atom stereocenters. The van der Waals surface area contributed by atoms with Gasteiger partial charge in [-0.15, -0.1) is 0 Å². The summed E-state index contributed by atoms with van der Waals surface area (Å²) in [5, 5.41) is 3.27. The van der Waals surface area contributed by atoms with Crippen LogP contribution in [-0.2, 0) is 6.54 Å². The number of oxazole rings is 1. The molecule has 0 aliphatic heterocycles. The molecule has 1 rings (SSSR count). The lowest BCUT2D eigenvalue weighted by atomic mass is 10.1. The first kappa shape index (κ1) is 11.2. The van der Waals surface area contributed by atoms with Crippen molar-refractivity contribution in [2.75, 3.05) is 6.54 Å². The second-order valence-electron chi connectivity index (χ2n) is 3.64. The topological polar surface area (TPSA) is 38.1 Å². The van der Waals surface area contributed by atoms with E-state index in [0.717, 1.165) is 37.6 Å². The Morgan fingerprint density at radius 3 is 2.93 bits per heavy atom. The Morgan fingerprint density at radius 2 is 2.29 bits per heavy atom. The molecule has 0 aliphatic carbocycles. The molecule has 0 spiro atoms. The molecular weight excluding hydrogens is 176 g/mol. The highest BCUT2D eigenvalue weighted by molar-refractivity contribution is 4.99. The van der Waals surface area contributed by atoms with E-state index in [2.05, 4.69) is 31.1 Å². The third-order valence-electron chi connectivity index (χ3n) is 2.37. The van der Waals surface area contributed by atoms with Crippen molar-refractivity contribution in [3.63, 3.8) is 0 Å². The molecule has 1 heterocycles. The van der Waals surface area contributed by atoms with E-state index in [0.29, 0.717) is 5.92 Å². The fourth-order valence-electron chi connectivity index (χ4n) is 1.21. The summed E-state index contributed by atoms with van der Waals surface area (Å²) in [6.07, 6.45) is 4.08. The average molecular weight is 196 g/mol. The molecule has 1 N–H and O–H groups in total. The Balaban J connectivity index is 2.42. The van der Waals surface area contributed by atoms with E-state index in [4.69, 9.17) is 4.42 Å². The van der Waals surface area contributed by atoms with Crippen LogP contribution in [0.25, 0.3) is 0 Å². The molecule has 0 bridgehead atoms. The molecule has 1 aromatic rings. The van der Waals surface area contributed by atoms with Crippen molar-refractivity contribution < 1.29 is 4.42 Å². The van der Waals surface area contributed by atoms with Gasteiger partial charge in [-0.25, -0.2) is 4.98 Å². The monoisotopic (exact) mass is 196 g/mol. The van der Waals surface area contributed by atoms with Crippen LogP contribution in [-0.4, -0.2) is 11.5 Å². The molecule has 0 amide bonds. The second kappa shape index (κ2) is 5.81. The molecule has 0 fully saturated rings. The van der Waals surface area contributed by atoms with E-state index in [1.54, 1.807) is 0 Å². The van der Waals surface area contributed by atoms with Crippen LogP contribution in [0.3, 0.4) is 0 Å². The largest absolute Gasteiger partial charge is 0.444 e. The maximum atomic E-state index is 5.61. The minimum absolute atomic E-state index is 0.474. The normalized spacial score (nSPS) is 13.1. The summed E-state index contributed by atoms with van der Waals surface area (Å²) >= 11 is 0. The summed E-state index contributed by atoms with van der Waals surface area (Å²) in [5.74, 6) is 2.27. The van der Waals surface area contributed by atoms with E-state index in [1.165, 1.54) is 0 Å². The Bertz CT molecular complexity index is 258. The van der Waals surface area contributed by atoms with Crippen LogP contribution in [0.4, 0.5) is 0 Å². The zero-order valence-electron chi connectivity index (χ0n) is 9.34. The quantitative estimate of drug-likeness (QED) is 0.711. The van der Waals surface area contributed by atoms with Crippen molar-refractivity contribution in [1.82, 2.24) is 10.3 Å². The lowest BCUT2D eigenvalue weighted by Crippen LogP contribution is -2.13. The molecule has 14 heavy (non-hydrogen) atoms. The molecule has 0 aliphatic rings. The third-order valence-corrected chi connectivity index (χ3v) is 2.37. The van der Waals surface area contributed by atoms with Crippen molar-refractivity contribution in [1.29, 1.82) is 0 Å². The zero-order chi connectivity index (χ0) is 10.4. The van der Waals surface area contributed by atoms with E-state index in [1.807, 2.05) is 6.20 Å². The highest BCUT2D eigenvalue weighted by Crippen LogP contribution is 2.18. The standard InChI is InChI=1S/C11H20N2O/c1-4-6-12-8-11-13-7-10(14-11)9(3)5-2/h7,9,12H,4-6,8H2,1-3H3. The number of hydrogen-bond acceptors (Lipinski definition) is 3.